The zero-order valence-electron chi connectivity index (χ0n) is 18.7. The third-order valence-corrected chi connectivity index (χ3v) is 9.89. The monoisotopic (exact) mass is 412 g/mol. The minimum atomic E-state index is -0.909. The molecule has 0 amide bonds. The summed E-state index contributed by atoms with van der Waals surface area (Å²) < 4.78 is 0. The molecule has 2 fully saturated rings. The van der Waals surface area contributed by atoms with Crippen molar-refractivity contribution in [1.29, 1.82) is 0 Å². The Balaban J connectivity index is 1.63. The lowest BCUT2D eigenvalue weighted by Gasteiger charge is -2.57. The molecule has 6 bridgehead atoms. The maximum Gasteiger partial charge on any atom is 0.156 e. The molecule has 6 aliphatic rings. The van der Waals surface area contributed by atoms with Gasteiger partial charge in [0.2, 0.25) is 0 Å². The van der Waals surface area contributed by atoms with E-state index < -0.39 is 5.60 Å². The lowest BCUT2D eigenvalue weighted by molar-refractivity contribution is -0.117. The summed E-state index contributed by atoms with van der Waals surface area (Å²) >= 11 is 0. The average Bonchev–Trinajstić information content (AvgIpc) is 3.03. The highest BCUT2D eigenvalue weighted by molar-refractivity contribution is 5.92. The minimum absolute atomic E-state index is 0.0164. The fourth-order valence-corrected chi connectivity index (χ4v) is 8.01. The van der Waals surface area contributed by atoms with E-state index in [9.17, 15) is 9.90 Å². The number of benzene rings is 1. The number of allylic oxidation sites excluding steroid dienone is 4. The van der Waals surface area contributed by atoms with Crippen molar-refractivity contribution < 1.29 is 9.90 Å². The Labute approximate surface area is 185 Å². The van der Waals surface area contributed by atoms with Gasteiger partial charge in [0.25, 0.3) is 0 Å². The van der Waals surface area contributed by atoms with Crippen LogP contribution in [0.25, 0.3) is 0 Å². The highest BCUT2D eigenvalue weighted by Crippen LogP contribution is 2.66. The molecule has 1 spiro atoms. The molecule has 0 heterocycles. The average molecular weight is 413 g/mol. The van der Waals surface area contributed by atoms with Crippen molar-refractivity contribution in [3.05, 3.63) is 58.7 Å². The number of hydrogen-bond donors (Lipinski definition) is 1. The van der Waals surface area contributed by atoms with Gasteiger partial charge in [-0.15, -0.1) is 0 Å². The van der Waals surface area contributed by atoms with E-state index in [2.05, 4.69) is 56.0 Å². The Kier molecular flexibility index (Phi) is 4.07. The summed E-state index contributed by atoms with van der Waals surface area (Å²) in [5, 5.41) is 11.8. The first-order valence-corrected chi connectivity index (χ1v) is 12.2. The van der Waals surface area contributed by atoms with E-state index in [1.807, 2.05) is 6.08 Å². The first-order chi connectivity index (χ1) is 14.9. The van der Waals surface area contributed by atoms with Crippen LogP contribution in [0, 0.1) is 40.4 Å². The number of rotatable bonds is 1. The molecule has 2 saturated carbocycles. The van der Waals surface area contributed by atoms with E-state index >= 15 is 0 Å². The molecule has 0 saturated heterocycles. The summed E-state index contributed by atoms with van der Waals surface area (Å²) in [6, 6.07) is 6.70. The van der Waals surface area contributed by atoms with Crippen LogP contribution in [0.1, 0.15) is 69.1 Å². The van der Waals surface area contributed by atoms with Crippen LogP contribution in [0.2, 0.25) is 0 Å². The van der Waals surface area contributed by atoms with Crippen LogP contribution in [0.5, 0.6) is 0 Å². The Morgan fingerprint density at radius 2 is 2.00 bits per heavy atom. The highest BCUT2D eigenvalue weighted by Gasteiger charge is 2.63. The van der Waals surface area contributed by atoms with Gasteiger partial charge in [-0.2, -0.15) is 0 Å². The van der Waals surface area contributed by atoms with Crippen LogP contribution >= 0.6 is 0 Å². The molecule has 160 valence electrons. The van der Waals surface area contributed by atoms with Crippen molar-refractivity contribution in [3.8, 4) is 11.8 Å². The standard InChI is InChI=1S/C29H32O2/c1-3-19-4-5-20-8-14-29(31)15-11-25-24-7-6-22-17-23(30)9-13-28(22,18-21(20)16-19)26(24)10-12-27(25,29)2/h4-7,16-17,24-26,31H,3,9-13,15,18H2,1-2H3/t24-,25-,26?,27-,28+,29+/m0/s1. The lowest BCUT2D eigenvalue weighted by atomic mass is 9.47. The van der Waals surface area contributed by atoms with Crippen molar-refractivity contribution in [3.63, 3.8) is 0 Å². The molecule has 1 aromatic carbocycles. The Morgan fingerprint density at radius 1 is 1.16 bits per heavy atom. The predicted octanol–water partition coefficient (Wildman–Crippen LogP) is 5.18. The van der Waals surface area contributed by atoms with E-state index in [1.165, 1.54) is 16.7 Å². The van der Waals surface area contributed by atoms with Crippen molar-refractivity contribution in [1.82, 2.24) is 0 Å². The maximum absolute atomic E-state index is 12.4. The number of fused-ring (bicyclic) bond motifs is 1. The fraction of sp³-hybridized carbons (Fsp3) is 0.552. The van der Waals surface area contributed by atoms with Gasteiger partial charge in [0, 0.05) is 22.8 Å². The first kappa shape index (κ1) is 19.6. The molecule has 7 rings (SSSR count). The molecule has 0 aliphatic heterocycles. The van der Waals surface area contributed by atoms with Gasteiger partial charge in [-0.05, 0) is 91.5 Å². The maximum atomic E-state index is 12.4. The summed E-state index contributed by atoms with van der Waals surface area (Å²) in [5.74, 6) is 8.62. The van der Waals surface area contributed by atoms with Crippen molar-refractivity contribution in [2.24, 2.45) is 28.6 Å². The van der Waals surface area contributed by atoms with Gasteiger partial charge >= 0.3 is 0 Å². The van der Waals surface area contributed by atoms with Crippen LogP contribution < -0.4 is 0 Å². The molecule has 2 heteroatoms. The van der Waals surface area contributed by atoms with Crippen LogP contribution in [0.3, 0.4) is 0 Å². The molecular formula is C29H32O2. The number of ketones is 1. The Hall–Kier alpha value is -2.11. The number of aliphatic hydroxyl groups is 1. The van der Waals surface area contributed by atoms with Gasteiger partial charge in [0.1, 0.15) is 5.60 Å². The third kappa shape index (κ3) is 2.53. The number of hydrogen-bond acceptors (Lipinski definition) is 2. The Morgan fingerprint density at radius 3 is 2.84 bits per heavy atom. The van der Waals surface area contributed by atoms with Gasteiger partial charge in [0.15, 0.2) is 5.78 Å². The van der Waals surface area contributed by atoms with Gasteiger partial charge in [-0.25, -0.2) is 0 Å². The molecule has 6 aliphatic carbocycles. The molecule has 1 aromatic rings. The normalized spacial score (nSPS) is 42.1. The quantitative estimate of drug-likeness (QED) is 0.646. The van der Waals surface area contributed by atoms with Gasteiger partial charge in [-0.1, -0.05) is 50.0 Å². The summed E-state index contributed by atoms with van der Waals surface area (Å²) in [5.41, 5.74) is 3.90. The molecule has 1 unspecified atom stereocenters. The van der Waals surface area contributed by atoms with E-state index in [1.54, 1.807) is 0 Å². The van der Waals surface area contributed by atoms with E-state index in [0.29, 0.717) is 24.2 Å². The second-order valence-electron chi connectivity index (χ2n) is 11.0. The number of aryl methyl sites for hydroxylation is 1. The molecular weight excluding hydrogens is 380 g/mol. The fourth-order valence-electron chi connectivity index (χ4n) is 8.01. The highest BCUT2D eigenvalue weighted by atomic mass is 16.3. The zero-order chi connectivity index (χ0) is 21.4. The van der Waals surface area contributed by atoms with Crippen molar-refractivity contribution in [2.75, 3.05) is 0 Å². The van der Waals surface area contributed by atoms with Gasteiger partial charge in [-0.3, -0.25) is 4.79 Å². The van der Waals surface area contributed by atoms with E-state index in [0.717, 1.165) is 50.5 Å². The van der Waals surface area contributed by atoms with Crippen LogP contribution in [0.15, 0.2) is 42.0 Å². The van der Waals surface area contributed by atoms with Crippen molar-refractivity contribution in [2.45, 2.75) is 70.8 Å². The first-order valence-electron chi connectivity index (χ1n) is 12.2. The van der Waals surface area contributed by atoms with Gasteiger partial charge < -0.3 is 5.11 Å². The molecule has 31 heavy (non-hydrogen) atoms. The molecule has 0 radical (unpaired) electrons. The van der Waals surface area contributed by atoms with Gasteiger partial charge in [0.05, 0.1) is 0 Å². The van der Waals surface area contributed by atoms with Crippen LogP contribution in [-0.4, -0.2) is 16.5 Å². The topological polar surface area (TPSA) is 37.3 Å². The molecule has 6 atom stereocenters. The van der Waals surface area contributed by atoms with E-state index in [-0.39, 0.29) is 16.6 Å². The van der Waals surface area contributed by atoms with Crippen LogP contribution in [0.4, 0.5) is 0 Å². The second kappa shape index (κ2) is 6.46. The second-order valence-corrected chi connectivity index (χ2v) is 11.0. The zero-order valence-corrected chi connectivity index (χ0v) is 18.7. The summed E-state index contributed by atoms with van der Waals surface area (Å²) in [7, 11) is 0. The number of carbonyl (C=O) groups is 1. The van der Waals surface area contributed by atoms with Crippen LogP contribution in [-0.2, 0) is 17.6 Å². The van der Waals surface area contributed by atoms with E-state index in [4.69, 9.17) is 0 Å². The minimum Gasteiger partial charge on any atom is -0.377 e. The molecule has 0 aromatic heterocycles. The molecule has 1 N–H and O–H groups in total. The summed E-state index contributed by atoms with van der Waals surface area (Å²) in [4.78, 5) is 12.4. The summed E-state index contributed by atoms with van der Waals surface area (Å²) in [6.45, 7) is 4.50. The molecule has 2 nitrogen and oxygen atoms in total. The lowest BCUT2D eigenvalue weighted by Crippen LogP contribution is -2.54. The largest absolute Gasteiger partial charge is 0.377 e. The summed E-state index contributed by atoms with van der Waals surface area (Å²) in [6.07, 6.45) is 14.1. The predicted molar refractivity (Wildman–Crippen MR) is 122 cm³/mol. The van der Waals surface area contributed by atoms with Crippen molar-refractivity contribution >= 4 is 5.78 Å². The third-order valence-electron chi connectivity index (χ3n) is 9.89. The SMILES string of the molecule is CCc1ccc2c(c1)C[C@]13CCC(=O)C=C1C=C[C@@H]1C3CC[C@@]3(C)[C@H]1CC[C@]3(O)C#C2. The number of carbonyl (C=O) groups excluding carboxylic acids is 1. The smallest absolute Gasteiger partial charge is 0.156 e. The Bertz CT molecular complexity index is 1100.